The van der Waals surface area contributed by atoms with Gasteiger partial charge < -0.3 is 0 Å². The molecule has 2 rings (SSSR count). The van der Waals surface area contributed by atoms with Crippen LogP contribution in [-0.4, -0.2) is 0 Å². The van der Waals surface area contributed by atoms with Crippen molar-refractivity contribution >= 4 is 16.3 Å². The van der Waals surface area contributed by atoms with E-state index in [2.05, 4.69) is 76.2 Å². The Morgan fingerprint density at radius 3 is 2.24 bits per heavy atom. The van der Waals surface area contributed by atoms with Gasteiger partial charge >= 0.3 is 0 Å². The number of rotatable bonds is 5. The maximum absolute atomic E-state index is 2.41. The molecular formula is C21H30. The van der Waals surface area contributed by atoms with Gasteiger partial charge in [0.05, 0.1) is 0 Å². The molecule has 0 spiro atoms. The average molecular weight is 282 g/mol. The first-order chi connectivity index (χ1) is 9.58. The predicted molar refractivity (Wildman–Crippen MR) is 97.6 cm³/mol. The molecule has 114 valence electrons. The number of fused-ring (bicyclic) bond motifs is 1. The Kier molecular flexibility index (Phi) is 6.20. The van der Waals surface area contributed by atoms with Gasteiger partial charge in [0, 0.05) is 0 Å². The van der Waals surface area contributed by atoms with Gasteiger partial charge in [0.2, 0.25) is 0 Å². The minimum Gasteiger partial charge on any atom is -0.0805 e. The quantitative estimate of drug-likeness (QED) is 0.549. The van der Waals surface area contributed by atoms with Gasteiger partial charge in [-0.2, -0.15) is 0 Å². The third-order valence-corrected chi connectivity index (χ3v) is 4.81. The van der Waals surface area contributed by atoms with Crippen LogP contribution < -0.4 is 0 Å². The molecule has 0 fully saturated rings. The van der Waals surface area contributed by atoms with Gasteiger partial charge in [-0.25, -0.2) is 0 Å². The van der Waals surface area contributed by atoms with Crippen LogP contribution in [-0.2, 0) is 0 Å². The third kappa shape index (κ3) is 4.20. The van der Waals surface area contributed by atoms with Crippen molar-refractivity contribution in [2.45, 2.75) is 54.4 Å². The highest BCUT2D eigenvalue weighted by Gasteiger charge is 2.17. The molecule has 0 bridgehead atoms. The lowest BCUT2D eigenvalue weighted by Crippen LogP contribution is -2.12. The van der Waals surface area contributed by atoms with Crippen molar-refractivity contribution in [2.75, 3.05) is 0 Å². The Morgan fingerprint density at radius 2 is 1.62 bits per heavy atom. The summed E-state index contributed by atoms with van der Waals surface area (Å²) in [7, 11) is 0. The molecule has 0 aliphatic heterocycles. The third-order valence-electron chi connectivity index (χ3n) is 4.81. The summed E-state index contributed by atoms with van der Waals surface area (Å²) in [5.74, 6) is 0. The Bertz CT molecular complexity index is 600. The van der Waals surface area contributed by atoms with Crippen molar-refractivity contribution in [3.8, 4) is 0 Å². The maximum Gasteiger partial charge on any atom is -0.0178 e. The fraction of sp³-hybridized carbons (Fsp3) is 0.429. The van der Waals surface area contributed by atoms with Gasteiger partial charge in [-0.1, -0.05) is 83.5 Å². The van der Waals surface area contributed by atoms with Gasteiger partial charge in [0.1, 0.15) is 0 Å². The predicted octanol–water partition coefficient (Wildman–Crippen LogP) is 7.10. The van der Waals surface area contributed by atoms with Crippen molar-refractivity contribution in [1.82, 2.24) is 0 Å². The minimum absolute atomic E-state index is 0. The van der Waals surface area contributed by atoms with E-state index in [1.54, 1.807) is 0 Å². The van der Waals surface area contributed by atoms with Crippen LogP contribution in [0.1, 0.15) is 59.9 Å². The molecule has 0 amide bonds. The first-order valence-corrected chi connectivity index (χ1v) is 7.74. The van der Waals surface area contributed by atoms with Gasteiger partial charge in [-0.15, -0.1) is 0 Å². The van der Waals surface area contributed by atoms with Crippen molar-refractivity contribution < 1.29 is 0 Å². The molecule has 0 N–H and O–H groups in total. The molecule has 0 unspecified atom stereocenters. The van der Waals surface area contributed by atoms with Crippen molar-refractivity contribution in [1.29, 1.82) is 0 Å². The molecule has 0 aromatic heterocycles. The Labute approximate surface area is 130 Å². The van der Waals surface area contributed by atoms with Gasteiger partial charge in [-0.05, 0) is 46.7 Å². The van der Waals surface area contributed by atoms with E-state index < -0.39 is 0 Å². The fourth-order valence-corrected chi connectivity index (χ4v) is 2.49. The van der Waals surface area contributed by atoms with Crippen LogP contribution in [0.3, 0.4) is 0 Å². The molecule has 2 aromatic carbocycles. The van der Waals surface area contributed by atoms with Crippen LogP contribution in [0.2, 0.25) is 0 Å². The normalized spacial score (nSPS) is 12.3. The SMILES string of the molecule is C.CCC(C)(CC)C/C=C(\C)c1ccc2ccccc2c1. The van der Waals surface area contributed by atoms with Crippen LogP contribution in [0.4, 0.5) is 0 Å². The van der Waals surface area contributed by atoms with Crippen molar-refractivity contribution in [2.24, 2.45) is 5.41 Å². The monoisotopic (exact) mass is 282 g/mol. The van der Waals surface area contributed by atoms with Crippen LogP contribution in [0, 0.1) is 5.41 Å². The molecule has 0 nitrogen and oxygen atoms in total. The van der Waals surface area contributed by atoms with Gasteiger partial charge in [-0.3, -0.25) is 0 Å². The first-order valence-electron chi connectivity index (χ1n) is 7.74. The molecule has 0 heterocycles. The lowest BCUT2D eigenvalue weighted by molar-refractivity contribution is 0.302. The second-order valence-electron chi connectivity index (χ2n) is 6.17. The summed E-state index contributed by atoms with van der Waals surface area (Å²) in [4.78, 5) is 0. The Balaban J connectivity index is 0.00000220. The fourth-order valence-electron chi connectivity index (χ4n) is 2.49. The van der Waals surface area contributed by atoms with Crippen LogP contribution >= 0.6 is 0 Å². The number of hydrogen-bond donors (Lipinski definition) is 0. The zero-order valence-electron chi connectivity index (χ0n) is 13.2. The van der Waals surface area contributed by atoms with E-state index in [9.17, 15) is 0 Å². The van der Waals surface area contributed by atoms with Crippen LogP contribution in [0.25, 0.3) is 16.3 Å². The molecule has 0 radical (unpaired) electrons. The molecular weight excluding hydrogens is 252 g/mol. The zero-order chi connectivity index (χ0) is 14.6. The van der Waals surface area contributed by atoms with E-state index in [1.165, 1.54) is 41.2 Å². The molecule has 0 atom stereocenters. The molecule has 0 saturated heterocycles. The number of allylic oxidation sites excluding steroid dienone is 2. The summed E-state index contributed by atoms with van der Waals surface area (Å²) >= 11 is 0. The molecule has 0 saturated carbocycles. The topological polar surface area (TPSA) is 0 Å². The zero-order valence-corrected chi connectivity index (χ0v) is 13.2. The average Bonchev–Trinajstić information content (AvgIpc) is 2.51. The van der Waals surface area contributed by atoms with Gasteiger partial charge in [0.25, 0.3) is 0 Å². The second-order valence-corrected chi connectivity index (χ2v) is 6.17. The summed E-state index contributed by atoms with van der Waals surface area (Å²) in [5.41, 5.74) is 3.18. The Morgan fingerprint density at radius 1 is 1.00 bits per heavy atom. The second kappa shape index (κ2) is 7.45. The number of hydrogen-bond acceptors (Lipinski definition) is 0. The van der Waals surface area contributed by atoms with Crippen LogP contribution in [0.15, 0.2) is 48.5 Å². The maximum atomic E-state index is 2.41. The van der Waals surface area contributed by atoms with E-state index in [4.69, 9.17) is 0 Å². The van der Waals surface area contributed by atoms with Crippen molar-refractivity contribution in [3.05, 3.63) is 54.1 Å². The highest BCUT2D eigenvalue weighted by molar-refractivity contribution is 5.86. The van der Waals surface area contributed by atoms with E-state index in [0.29, 0.717) is 5.41 Å². The van der Waals surface area contributed by atoms with E-state index in [1.807, 2.05) is 0 Å². The first kappa shape index (κ1) is 17.5. The summed E-state index contributed by atoms with van der Waals surface area (Å²) < 4.78 is 0. The van der Waals surface area contributed by atoms with E-state index in [0.717, 1.165) is 0 Å². The van der Waals surface area contributed by atoms with Gasteiger partial charge in [0.15, 0.2) is 0 Å². The molecule has 0 heteroatoms. The van der Waals surface area contributed by atoms with Crippen LogP contribution in [0.5, 0.6) is 0 Å². The molecule has 0 aliphatic rings. The summed E-state index contributed by atoms with van der Waals surface area (Å²) in [6, 6.07) is 15.3. The molecule has 0 aliphatic carbocycles. The lowest BCUT2D eigenvalue weighted by atomic mass is 9.81. The standard InChI is InChI=1S/C20H26.CH4/c1-5-20(4,6-2)14-13-16(3)18-12-11-17-9-7-8-10-19(17)15-18;/h7-13,15H,5-6,14H2,1-4H3;1H4/b16-13+;. The summed E-state index contributed by atoms with van der Waals surface area (Å²) in [6.07, 6.45) is 6.06. The Hall–Kier alpha value is -1.56. The number of benzene rings is 2. The highest BCUT2D eigenvalue weighted by atomic mass is 14.2. The smallest absolute Gasteiger partial charge is 0.0178 e. The largest absolute Gasteiger partial charge is 0.0805 e. The summed E-state index contributed by atoms with van der Waals surface area (Å²) in [6.45, 7) is 9.21. The molecule has 2 aromatic rings. The summed E-state index contributed by atoms with van der Waals surface area (Å²) in [5, 5.41) is 2.64. The molecule has 21 heavy (non-hydrogen) atoms. The van der Waals surface area contributed by atoms with Crippen molar-refractivity contribution in [3.63, 3.8) is 0 Å². The van der Waals surface area contributed by atoms with E-state index in [-0.39, 0.29) is 7.43 Å². The highest BCUT2D eigenvalue weighted by Crippen LogP contribution is 2.31. The lowest BCUT2D eigenvalue weighted by Gasteiger charge is -2.25. The minimum atomic E-state index is 0. The van der Waals surface area contributed by atoms with E-state index >= 15 is 0 Å².